The van der Waals surface area contributed by atoms with Crippen molar-refractivity contribution in [2.24, 2.45) is 14.1 Å². The van der Waals surface area contributed by atoms with Crippen molar-refractivity contribution >= 4 is 40.3 Å². The van der Waals surface area contributed by atoms with E-state index in [1.54, 1.807) is 36.9 Å². The zero-order valence-corrected chi connectivity index (χ0v) is 18.0. The molecule has 0 unspecified atom stereocenters. The molecule has 29 heavy (non-hydrogen) atoms. The zero-order valence-electron chi connectivity index (χ0n) is 16.5. The number of aromatic nitrogens is 4. The van der Waals surface area contributed by atoms with Gasteiger partial charge in [-0.3, -0.25) is 13.9 Å². The highest BCUT2D eigenvalue weighted by molar-refractivity contribution is 6.42. The Kier molecular flexibility index (Phi) is 6.66. The van der Waals surface area contributed by atoms with Crippen molar-refractivity contribution in [3.8, 4) is 0 Å². The molecule has 10 heteroatoms. The lowest BCUT2D eigenvalue weighted by atomic mass is 10.2. The molecule has 1 aromatic carbocycles. The fourth-order valence-electron chi connectivity index (χ4n) is 3.08. The number of fused-ring (bicyclic) bond motifs is 1. The number of imidazole rings is 1. The number of hydrogen-bond donors (Lipinski definition) is 1. The maximum absolute atomic E-state index is 13.1. The Morgan fingerprint density at radius 3 is 2.59 bits per heavy atom. The Labute approximate surface area is 177 Å². The molecule has 3 aromatic rings. The first-order valence-electron chi connectivity index (χ1n) is 9.27. The molecule has 2 heterocycles. The molecule has 0 fully saturated rings. The zero-order chi connectivity index (χ0) is 21.1. The number of rotatable bonds is 8. The van der Waals surface area contributed by atoms with Gasteiger partial charge in [0.1, 0.15) is 0 Å². The molecule has 156 valence electrons. The number of nitrogens with one attached hydrogen (secondary N) is 1. The molecule has 2 aromatic heterocycles. The smallest absolute Gasteiger partial charge is 0.332 e. The number of ether oxygens (including phenoxy) is 1. The summed E-state index contributed by atoms with van der Waals surface area (Å²) in [5, 5.41) is 3.98. The summed E-state index contributed by atoms with van der Waals surface area (Å²) < 4.78 is 9.53. The lowest BCUT2D eigenvalue weighted by molar-refractivity contribution is 0.147. The van der Waals surface area contributed by atoms with E-state index in [4.69, 9.17) is 27.9 Å². The van der Waals surface area contributed by atoms with Gasteiger partial charge in [-0.05, 0) is 31.0 Å². The van der Waals surface area contributed by atoms with E-state index in [1.807, 2.05) is 6.92 Å². The van der Waals surface area contributed by atoms with Crippen LogP contribution in [0.25, 0.3) is 11.2 Å². The maximum Gasteiger partial charge on any atom is 0.332 e. The van der Waals surface area contributed by atoms with Gasteiger partial charge >= 0.3 is 5.69 Å². The summed E-state index contributed by atoms with van der Waals surface area (Å²) in [5.41, 5.74) is 0.523. The van der Waals surface area contributed by atoms with Crippen LogP contribution in [0.15, 0.2) is 27.8 Å². The maximum atomic E-state index is 13.1. The van der Waals surface area contributed by atoms with E-state index in [0.717, 1.165) is 6.42 Å². The minimum absolute atomic E-state index is 0.0840. The Morgan fingerprint density at radius 1 is 1.14 bits per heavy atom. The highest BCUT2D eigenvalue weighted by Gasteiger charge is 2.18. The Morgan fingerprint density at radius 2 is 1.90 bits per heavy atom. The van der Waals surface area contributed by atoms with Crippen molar-refractivity contribution in [2.75, 3.05) is 25.1 Å². The quantitative estimate of drug-likeness (QED) is 0.545. The molecule has 0 atom stereocenters. The molecule has 8 nitrogen and oxygen atoms in total. The average Bonchev–Trinajstić information content (AvgIpc) is 3.03. The minimum Gasteiger partial charge on any atom is -0.382 e. The van der Waals surface area contributed by atoms with Gasteiger partial charge in [-0.15, -0.1) is 0 Å². The van der Waals surface area contributed by atoms with Gasteiger partial charge in [-0.25, -0.2) is 4.79 Å². The third kappa shape index (κ3) is 4.34. The van der Waals surface area contributed by atoms with Gasteiger partial charge in [0.05, 0.1) is 16.6 Å². The average molecular weight is 440 g/mol. The van der Waals surface area contributed by atoms with Gasteiger partial charge < -0.3 is 14.6 Å². The molecule has 0 saturated carbocycles. The van der Waals surface area contributed by atoms with Crippen LogP contribution in [0, 0.1) is 0 Å². The third-order valence-electron chi connectivity index (χ3n) is 4.64. The van der Waals surface area contributed by atoms with Gasteiger partial charge in [0, 0.05) is 33.9 Å². The summed E-state index contributed by atoms with van der Waals surface area (Å²) in [6.07, 6.45) is 0.803. The lowest BCUT2D eigenvalue weighted by Crippen LogP contribution is -2.39. The molecule has 0 saturated heterocycles. The second kappa shape index (κ2) is 9.02. The summed E-state index contributed by atoms with van der Waals surface area (Å²) in [6, 6.07) is 5.02. The van der Waals surface area contributed by atoms with Crippen LogP contribution < -0.4 is 16.6 Å². The molecular weight excluding hydrogens is 417 g/mol. The van der Waals surface area contributed by atoms with E-state index in [0.29, 0.717) is 52.5 Å². The van der Waals surface area contributed by atoms with Gasteiger partial charge in [-0.1, -0.05) is 29.3 Å². The van der Waals surface area contributed by atoms with Crippen LogP contribution in [0.2, 0.25) is 10.0 Å². The molecule has 0 aliphatic rings. The number of aryl methyl sites for hydroxylation is 2. The molecule has 0 bridgehead atoms. The van der Waals surface area contributed by atoms with Crippen LogP contribution in [0.5, 0.6) is 0 Å². The highest BCUT2D eigenvalue weighted by atomic mass is 35.5. The molecule has 1 N–H and O–H groups in total. The SMILES string of the molecule is CCOCCCNc1nc2c(c(=O)n(Cc3ccc(Cl)c(Cl)c3)c(=O)n2C)n1C. The first-order valence-corrected chi connectivity index (χ1v) is 10.0. The van der Waals surface area contributed by atoms with Gasteiger partial charge in [0.2, 0.25) is 5.95 Å². The predicted octanol–water partition coefficient (Wildman–Crippen LogP) is 2.63. The van der Waals surface area contributed by atoms with Crippen molar-refractivity contribution in [2.45, 2.75) is 19.9 Å². The summed E-state index contributed by atoms with van der Waals surface area (Å²) in [6.45, 7) is 3.99. The van der Waals surface area contributed by atoms with Crippen LogP contribution in [-0.4, -0.2) is 38.4 Å². The molecule has 0 radical (unpaired) electrons. The van der Waals surface area contributed by atoms with Gasteiger partial charge in [0.25, 0.3) is 5.56 Å². The Balaban J connectivity index is 1.98. The van der Waals surface area contributed by atoms with Crippen molar-refractivity contribution in [1.29, 1.82) is 0 Å². The van der Waals surface area contributed by atoms with E-state index >= 15 is 0 Å². The van der Waals surface area contributed by atoms with Crippen LogP contribution in [0.4, 0.5) is 5.95 Å². The second-order valence-corrected chi connectivity index (χ2v) is 7.44. The number of nitrogens with zero attached hydrogens (tertiary/aromatic N) is 4. The van der Waals surface area contributed by atoms with E-state index in [-0.39, 0.29) is 6.54 Å². The van der Waals surface area contributed by atoms with Crippen LogP contribution in [0.3, 0.4) is 0 Å². The summed E-state index contributed by atoms with van der Waals surface area (Å²) >= 11 is 12.0. The van der Waals surface area contributed by atoms with Crippen LogP contribution >= 0.6 is 23.2 Å². The molecular formula is C19H23Cl2N5O3. The third-order valence-corrected chi connectivity index (χ3v) is 5.38. The first-order chi connectivity index (χ1) is 13.8. The molecule has 0 amide bonds. The Hall–Kier alpha value is -2.29. The molecule has 3 rings (SSSR count). The second-order valence-electron chi connectivity index (χ2n) is 6.63. The van der Waals surface area contributed by atoms with Crippen LogP contribution in [0.1, 0.15) is 18.9 Å². The fourth-order valence-corrected chi connectivity index (χ4v) is 3.40. The minimum atomic E-state index is -0.449. The monoisotopic (exact) mass is 439 g/mol. The normalized spacial score (nSPS) is 11.3. The number of hydrogen-bond acceptors (Lipinski definition) is 5. The van der Waals surface area contributed by atoms with Crippen molar-refractivity contribution in [3.05, 3.63) is 54.6 Å². The van der Waals surface area contributed by atoms with Crippen molar-refractivity contribution in [3.63, 3.8) is 0 Å². The first kappa shape index (κ1) is 21.4. The number of halogens is 2. The summed E-state index contributed by atoms with van der Waals surface area (Å²) in [7, 11) is 3.34. The van der Waals surface area contributed by atoms with Gasteiger partial charge in [-0.2, -0.15) is 4.98 Å². The van der Waals surface area contributed by atoms with Crippen molar-refractivity contribution in [1.82, 2.24) is 18.7 Å². The standard InChI is InChI=1S/C19H23Cl2N5O3/c1-4-29-9-5-8-22-18-23-16-15(24(18)2)17(27)26(19(28)25(16)3)11-12-6-7-13(20)14(21)10-12/h6-7,10H,4-5,8-9,11H2,1-3H3,(H,22,23). The van der Waals surface area contributed by atoms with Crippen LogP contribution in [-0.2, 0) is 25.4 Å². The van der Waals surface area contributed by atoms with E-state index in [1.165, 1.54) is 9.13 Å². The highest BCUT2D eigenvalue weighted by Crippen LogP contribution is 2.22. The fraction of sp³-hybridized carbons (Fsp3) is 0.421. The van der Waals surface area contributed by atoms with E-state index < -0.39 is 11.2 Å². The van der Waals surface area contributed by atoms with E-state index in [9.17, 15) is 9.59 Å². The van der Waals surface area contributed by atoms with Gasteiger partial charge in [0.15, 0.2) is 11.2 Å². The summed E-state index contributed by atoms with van der Waals surface area (Å²) in [4.78, 5) is 30.3. The molecule has 0 aliphatic heterocycles. The largest absolute Gasteiger partial charge is 0.382 e. The lowest BCUT2D eigenvalue weighted by Gasteiger charge is -2.09. The molecule has 0 spiro atoms. The number of benzene rings is 1. The number of anilines is 1. The summed E-state index contributed by atoms with van der Waals surface area (Å²) in [5.74, 6) is 0.524. The predicted molar refractivity (Wildman–Crippen MR) is 115 cm³/mol. The van der Waals surface area contributed by atoms with E-state index in [2.05, 4.69) is 10.3 Å². The van der Waals surface area contributed by atoms with Crippen molar-refractivity contribution < 1.29 is 4.74 Å². The Bertz CT molecular complexity index is 1150. The topological polar surface area (TPSA) is 83.1 Å². The molecule has 0 aliphatic carbocycles.